The van der Waals surface area contributed by atoms with Crippen LogP contribution in [-0.2, 0) is 33.6 Å². The van der Waals surface area contributed by atoms with E-state index in [1.807, 2.05) is 13.2 Å². The van der Waals surface area contributed by atoms with E-state index in [0.717, 1.165) is 0 Å². The first-order chi connectivity index (χ1) is 20.2. The average molecular weight is 630 g/mol. The van der Waals surface area contributed by atoms with Crippen LogP contribution in [0.2, 0.25) is 0 Å². The van der Waals surface area contributed by atoms with Crippen LogP contribution >= 0.6 is 11.8 Å². The van der Waals surface area contributed by atoms with Gasteiger partial charge in [-0.1, -0.05) is 34.1 Å². The Kier molecular flexibility index (Phi) is 16.6. The third-order valence-electron chi connectivity index (χ3n) is 7.21. The van der Waals surface area contributed by atoms with Gasteiger partial charge in [-0.3, -0.25) is 33.6 Å². The molecule has 6 amide bonds. The van der Waals surface area contributed by atoms with Gasteiger partial charge in [-0.2, -0.15) is 11.8 Å². The lowest BCUT2D eigenvalue weighted by Crippen LogP contribution is -2.56. The number of nitrogens with zero attached hydrogens (tertiary/aromatic N) is 1. The second-order valence-corrected chi connectivity index (χ2v) is 11.8. The van der Waals surface area contributed by atoms with E-state index < -0.39 is 85.2 Å². The molecular formula is C27H47N7O8S. The van der Waals surface area contributed by atoms with Crippen LogP contribution < -0.4 is 32.3 Å². The number of carbonyl (C=O) groups excluding carboxylic acids is 6. The fraction of sp³-hybridized carbons (Fsp3) is 0.741. The molecule has 1 rings (SSSR count). The quantitative estimate of drug-likeness (QED) is 0.0896. The largest absolute Gasteiger partial charge is 0.480 e. The molecule has 5 atom stereocenters. The number of likely N-dealkylation sites (tertiary alicyclic amines) is 1. The fourth-order valence-electron chi connectivity index (χ4n) is 4.27. The number of nitrogens with two attached hydrogens (primary N) is 1. The van der Waals surface area contributed by atoms with Gasteiger partial charge in [0.25, 0.3) is 0 Å². The summed E-state index contributed by atoms with van der Waals surface area (Å²) in [6.45, 7) is 6.08. The average Bonchev–Trinajstić information content (AvgIpc) is 3.47. The number of rotatable bonds is 18. The molecule has 16 heteroatoms. The molecule has 0 saturated carbocycles. The minimum Gasteiger partial charge on any atom is -0.480 e. The Morgan fingerprint density at radius 1 is 0.930 bits per heavy atom. The number of carboxylic acid groups (broad SMARTS) is 1. The van der Waals surface area contributed by atoms with Gasteiger partial charge in [0.1, 0.15) is 24.7 Å². The van der Waals surface area contributed by atoms with Gasteiger partial charge in [0.2, 0.25) is 35.4 Å². The topological polar surface area (TPSA) is 229 Å². The molecule has 1 aliphatic rings. The molecule has 1 aliphatic heterocycles. The first kappa shape index (κ1) is 37.6. The molecule has 1 heterocycles. The second-order valence-electron chi connectivity index (χ2n) is 10.8. The molecule has 0 aliphatic carbocycles. The summed E-state index contributed by atoms with van der Waals surface area (Å²) >= 11 is 1.46. The Morgan fingerprint density at radius 3 is 2.16 bits per heavy atom. The number of carbonyl (C=O) groups is 7. The Hall–Kier alpha value is -3.40. The van der Waals surface area contributed by atoms with Crippen molar-refractivity contribution in [2.24, 2.45) is 17.6 Å². The summed E-state index contributed by atoms with van der Waals surface area (Å²) in [5.74, 6) is -4.38. The third-order valence-corrected chi connectivity index (χ3v) is 7.85. The lowest BCUT2D eigenvalue weighted by Gasteiger charge is -2.27. The maximum absolute atomic E-state index is 13.0. The van der Waals surface area contributed by atoms with Crippen LogP contribution in [0.15, 0.2) is 0 Å². The van der Waals surface area contributed by atoms with E-state index in [2.05, 4.69) is 26.6 Å². The highest BCUT2D eigenvalue weighted by molar-refractivity contribution is 7.98. The van der Waals surface area contributed by atoms with E-state index >= 15 is 0 Å². The molecule has 0 bridgehead atoms. The van der Waals surface area contributed by atoms with E-state index in [-0.39, 0.29) is 24.8 Å². The van der Waals surface area contributed by atoms with Crippen molar-refractivity contribution in [2.45, 2.75) is 77.5 Å². The van der Waals surface area contributed by atoms with Crippen LogP contribution in [0.1, 0.15) is 53.4 Å². The van der Waals surface area contributed by atoms with E-state index in [1.165, 1.54) is 16.7 Å². The molecule has 0 unspecified atom stereocenters. The molecular weight excluding hydrogens is 582 g/mol. The number of thioether (sulfide) groups is 1. The lowest BCUT2D eigenvalue weighted by molar-refractivity contribution is -0.140. The molecule has 8 N–H and O–H groups in total. The highest BCUT2D eigenvalue weighted by atomic mass is 32.2. The van der Waals surface area contributed by atoms with E-state index in [4.69, 9.17) is 10.8 Å². The molecule has 0 aromatic rings. The highest BCUT2D eigenvalue weighted by Crippen LogP contribution is 2.18. The summed E-state index contributed by atoms with van der Waals surface area (Å²) in [7, 11) is 0. The SMILES string of the molecule is CC[C@H](C)[C@H](NC(=O)[C@@H](N)C(C)C)C(=O)NCC(=O)NCC(=O)N1CCC[C@H]1C(=O)N[C@@H](CCSC)C(=O)NCC(=O)O. The maximum atomic E-state index is 13.0. The van der Waals surface area contributed by atoms with Crippen molar-refractivity contribution in [1.29, 1.82) is 0 Å². The third kappa shape index (κ3) is 12.8. The van der Waals surface area contributed by atoms with Crippen molar-refractivity contribution in [3.63, 3.8) is 0 Å². The summed E-state index contributed by atoms with van der Waals surface area (Å²) in [4.78, 5) is 88.1. The number of aliphatic carboxylic acids is 1. The minimum absolute atomic E-state index is 0.129. The number of hydrogen-bond donors (Lipinski definition) is 7. The number of amides is 6. The predicted octanol–water partition coefficient (Wildman–Crippen LogP) is -1.84. The van der Waals surface area contributed by atoms with Crippen molar-refractivity contribution in [2.75, 3.05) is 38.2 Å². The Balaban J connectivity index is 2.69. The first-order valence-corrected chi connectivity index (χ1v) is 15.8. The van der Waals surface area contributed by atoms with Crippen LogP contribution in [0.3, 0.4) is 0 Å². The van der Waals surface area contributed by atoms with Crippen molar-refractivity contribution in [3.05, 3.63) is 0 Å². The van der Waals surface area contributed by atoms with Crippen molar-refractivity contribution < 1.29 is 38.7 Å². The predicted molar refractivity (Wildman–Crippen MR) is 161 cm³/mol. The minimum atomic E-state index is -1.22. The number of nitrogens with one attached hydrogen (secondary N) is 5. The summed E-state index contributed by atoms with van der Waals surface area (Å²) in [5, 5.41) is 21.3. The Bertz CT molecular complexity index is 1010. The van der Waals surface area contributed by atoms with Crippen LogP contribution in [0.5, 0.6) is 0 Å². The zero-order valence-corrected chi connectivity index (χ0v) is 26.4. The van der Waals surface area contributed by atoms with E-state index in [1.54, 1.807) is 20.8 Å². The summed E-state index contributed by atoms with van der Waals surface area (Å²) in [6, 6.07) is -3.51. The van der Waals surface area contributed by atoms with Gasteiger partial charge in [0.15, 0.2) is 0 Å². The molecule has 15 nitrogen and oxygen atoms in total. The molecule has 0 aromatic heterocycles. The standard InChI is InChI=1S/C27H47N7O8S/c1-6-16(4)23(33-26(41)22(28)15(2)3)27(42)30-12-19(35)29-13-20(36)34-10-7-8-18(34)25(40)32-17(9-11-43-5)24(39)31-14-21(37)38/h15-18,22-23H,6-14,28H2,1-5H3,(H,29,35)(H,30,42)(H,31,39)(H,32,40)(H,33,41)(H,37,38)/t16-,17-,18-,22-,23-/m0/s1. The van der Waals surface area contributed by atoms with E-state index in [0.29, 0.717) is 25.0 Å². The Morgan fingerprint density at radius 2 is 1.58 bits per heavy atom. The summed E-state index contributed by atoms with van der Waals surface area (Å²) < 4.78 is 0. The second kappa shape index (κ2) is 19.0. The monoisotopic (exact) mass is 629 g/mol. The van der Waals surface area contributed by atoms with Crippen LogP contribution in [0, 0.1) is 11.8 Å². The number of hydrogen-bond acceptors (Lipinski definition) is 9. The molecule has 1 fully saturated rings. The molecule has 0 aromatic carbocycles. The smallest absolute Gasteiger partial charge is 0.322 e. The zero-order valence-electron chi connectivity index (χ0n) is 25.6. The van der Waals surface area contributed by atoms with Crippen molar-refractivity contribution in [1.82, 2.24) is 31.5 Å². The molecule has 0 radical (unpaired) electrons. The zero-order chi connectivity index (χ0) is 32.7. The molecule has 1 saturated heterocycles. The molecule has 0 spiro atoms. The van der Waals surface area contributed by atoms with Crippen LogP contribution in [0.4, 0.5) is 0 Å². The van der Waals surface area contributed by atoms with Crippen LogP contribution in [-0.4, -0.2) is 114 Å². The number of carboxylic acids is 1. The van der Waals surface area contributed by atoms with Gasteiger partial charge >= 0.3 is 5.97 Å². The Labute approximate surface area is 256 Å². The lowest BCUT2D eigenvalue weighted by atomic mass is 9.97. The van der Waals surface area contributed by atoms with Gasteiger partial charge < -0.3 is 42.3 Å². The molecule has 43 heavy (non-hydrogen) atoms. The van der Waals surface area contributed by atoms with Gasteiger partial charge in [-0.05, 0) is 43.1 Å². The maximum Gasteiger partial charge on any atom is 0.322 e. The van der Waals surface area contributed by atoms with Crippen LogP contribution in [0.25, 0.3) is 0 Å². The van der Waals surface area contributed by atoms with Gasteiger partial charge in [-0.15, -0.1) is 0 Å². The van der Waals surface area contributed by atoms with Gasteiger partial charge in [0, 0.05) is 6.54 Å². The first-order valence-electron chi connectivity index (χ1n) is 14.4. The normalized spacial score (nSPS) is 17.3. The van der Waals surface area contributed by atoms with E-state index in [9.17, 15) is 33.6 Å². The summed E-state index contributed by atoms with van der Waals surface area (Å²) in [5.41, 5.74) is 5.89. The van der Waals surface area contributed by atoms with Crippen molar-refractivity contribution in [3.8, 4) is 0 Å². The molecule has 244 valence electrons. The highest BCUT2D eigenvalue weighted by Gasteiger charge is 2.36. The van der Waals surface area contributed by atoms with Gasteiger partial charge in [0.05, 0.1) is 19.1 Å². The fourth-order valence-corrected chi connectivity index (χ4v) is 4.74. The van der Waals surface area contributed by atoms with Gasteiger partial charge in [-0.25, -0.2) is 0 Å². The summed E-state index contributed by atoms with van der Waals surface area (Å²) in [6.07, 6.45) is 3.59. The van der Waals surface area contributed by atoms with Crippen molar-refractivity contribution >= 4 is 53.2 Å².